The number of pyridine rings is 2. The van der Waals surface area contributed by atoms with E-state index in [4.69, 9.17) is 24.4 Å². The molecule has 0 spiro atoms. The highest BCUT2D eigenvalue weighted by Gasteiger charge is 2.10. The molecule has 0 atom stereocenters. The highest BCUT2D eigenvalue weighted by atomic mass is 32.1. The molecule has 0 bridgehead atoms. The van der Waals surface area contributed by atoms with Gasteiger partial charge in [-0.1, -0.05) is 24.4 Å². The summed E-state index contributed by atoms with van der Waals surface area (Å²) in [4.78, 5) is 10.4. The molecular weight excluding hydrogens is 545 g/mol. The Morgan fingerprint density at radius 3 is 1.00 bits per heavy atom. The summed E-state index contributed by atoms with van der Waals surface area (Å²) in [5.41, 5.74) is 1.74. The summed E-state index contributed by atoms with van der Waals surface area (Å²) in [6.07, 6.45) is 14.2. The quantitative estimate of drug-likeness (QED) is 0.290. The number of hydrogen-bond acceptors (Lipinski definition) is 8. The molecule has 12 nitrogen and oxygen atoms in total. The lowest BCUT2D eigenvalue weighted by atomic mass is 10.2. The zero-order valence-electron chi connectivity index (χ0n) is 21.5. The van der Waals surface area contributed by atoms with Crippen molar-refractivity contribution in [2.24, 2.45) is 0 Å². The van der Waals surface area contributed by atoms with Gasteiger partial charge in [0.2, 0.25) is 0 Å². The first kappa shape index (κ1) is 26.5. The molecule has 0 radical (unpaired) electrons. The Morgan fingerprint density at radius 1 is 0.525 bits per heavy atom. The van der Waals surface area contributed by atoms with Crippen LogP contribution in [-0.2, 0) is 0 Å². The van der Waals surface area contributed by atoms with E-state index in [2.05, 4.69) is 41.0 Å². The molecule has 0 saturated carbocycles. The van der Waals surface area contributed by atoms with Gasteiger partial charge in [-0.05, 0) is 48.5 Å². The van der Waals surface area contributed by atoms with Gasteiger partial charge in [0.15, 0.2) is 23.3 Å². The fourth-order valence-corrected chi connectivity index (χ4v) is 3.88. The Hall–Kier alpha value is -5.08. The number of nitrogens with one attached hydrogen (secondary N) is 2. The lowest BCUT2D eigenvalue weighted by Gasteiger charge is -2.09. The highest BCUT2D eigenvalue weighted by molar-refractivity contribution is 7.81. The minimum atomic E-state index is 0.647. The van der Waals surface area contributed by atoms with E-state index in [0.717, 1.165) is 11.1 Å². The van der Waals surface area contributed by atoms with E-state index in [1.165, 1.54) is 0 Å². The molecule has 14 heteroatoms. The van der Waals surface area contributed by atoms with Crippen LogP contribution in [0.5, 0.6) is 0 Å². The molecule has 6 heterocycles. The molecule has 200 valence electrons. The lowest BCUT2D eigenvalue weighted by molar-refractivity contribution is 0.802. The number of nitrogens with zero attached hydrogens (tertiary/aromatic N) is 10. The molecule has 0 aliphatic heterocycles. The van der Waals surface area contributed by atoms with Crippen molar-refractivity contribution in [3.8, 4) is 23.3 Å². The predicted octanol–water partition coefficient (Wildman–Crippen LogP) is 2.70. The minimum Gasteiger partial charge on any atom is -0.379 e. The first-order valence-electron chi connectivity index (χ1n) is 12.0. The van der Waals surface area contributed by atoms with Crippen LogP contribution in [-0.4, -0.2) is 73.2 Å². The van der Waals surface area contributed by atoms with Crippen LogP contribution in [0.1, 0.15) is 11.1 Å². The molecular formula is C26H24N12S2. The third kappa shape index (κ3) is 5.98. The van der Waals surface area contributed by atoms with E-state index in [0.29, 0.717) is 33.2 Å². The predicted molar refractivity (Wildman–Crippen MR) is 158 cm³/mol. The zero-order valence-corrected chi connectivity index (χ0v) is 23.2. The molecule has 0 saturated heterocycles. The topological polar surface area (TPSA) is 121 Å². The Kier molecular flexibility index (Phi) is 8.08. The van der Waals surface area contributed by atoms with Crippen molar-refractivity contribution in [2.45, 2.75) is 0 Å². The zero-order chi connectivity index (χ0) is 27.9. The molecule has 0 aliphatic carbocycles. The standard InChI is InChI=1S/2C13H12N6S/c2*1-14-13(20)10-8-11(18-6-2-4-15-18)17-12(9-10)19-7-3-5-16-19/h2*2-9H,1H3,(H,14,20). The van der Waals surface area contributed by atoms with E-state index >= 15 is 0 Å². The van der Waals surface area contributed by atoms with E-state index < -0.39 is 0 Å². The molecule has 40 heavy (non-hydrogen) atoms. The van der Waals surface area contributed by atoms with E-state index in [-0.39, 0.29) is 0 Å². The second kappa shape index (κ2) is 12.2. The van der Waals surface area contributed by atoms with Gasteiger partial charge in [0.1, 0.15) is 9.98 Å². The molecule has 6 aromatic rings. The van der Waals surface area contributed by atoms with Crippen molar-refractivity contribution >= 4 is 34.4 Å². The van der Waals surface area contributed by atoms with E-state index in [9.17, 15) is 0 Å². The second-order valence-corrected chi connectivity index (χ2v) is 8.92. The molecule has 0 aliphatic rings. The highest BCUT2D eigenvalue weighted by Crippen LogP contribution is 2.14. The van der Waals surface area contributed by atoms with Gasteiger partial charge in [0.05, 0.1) is 0 Å². The van der Waals surface area contributed by atoms with Crippen LogP contribution in [0.25, 0.3) is 23.3 Å². The summed E-state index contributed by atoms with van der Waals surface area (Å²) < 4.78 is 6.76. The van der Waals surface area contributed by atoms with Crippen molar-refractivity contribution in [3.63, 3.8) is 0 Å². The van der Waals surface area contributed by atoms with E-state index in [1.54, 1.807) is 57.6 Å². The van der Waals surface area contributed by atoms with Gasteiger partial charge in [0, 0.05) is 74.8 Å². The number of hydrogen-bond donors (Lipinski definition) is 2. The lowest BCUT2D eigenvalue weighted by Crippen LogP contribution is -2.18. The molecule has 0 fully saturated rings. The van der Waals surface area contributed by atoms with Crippen molar-refractivity contribution in [1.29, 1.82) is 0 Å². The maximum absolute atomic E-state index is 5.30. The minimum absolute atomic E-state index is 0.647. The second-order valence-electron chi connectivity index (χ2n) is 8.11. The number of rotatable bonds is 6. The third-order valence-electron chi connectivity index (χ3n) is 5.53. The fraction of sp³-hybridized carbons (Fsp3) is 0.0769. The van der Waals surface area contributed by atoms with Crippen molar-refractivity contribution in [1.82, 2.24) is 59.7 Å². The van der Waals surface area contributed by atoms with Crippen LogP contribution >= 0.6 is 24.4 Å². The first-order valence-corrected chi connectivity index (χ1v) is 12.9. The third-order valence-corrected chi connectivity index (χ3v) is 6.41. The molecule has 2 N–H and O–H groups in total. The van der Waals surface area contributed by atoms with Gasteiger partial charge in [-0.3, -0.25) is 0 Å². The van der Waals surface area contributed by atoms with Crippen LogP contribution < -0.4 is 10.6 Å². The average molecular weight is 569 g/mol. The summed E-state index contributed by atoms with van der Waals surface area (Å²) in [5, 5.41) is 22.7. The van der Waals surface area contributed by atoms with Gasteiger partial charge in [-0.2, -0.15) is 20.4 Å². The number of thiocarbonyl (C=S) groups is 2. The van der Waals surface area contributed by atoms with Crippen LogP contribution in [0.3, 0.4) is 0 Å². The monoisotopic (exact) mass is 568 g/mol. The molecule has 6 aromatic heterocycles. The van der Waals surface area contributed by atoms with Gasteiger partial charge in [-0.25, -0.2) is 28.7 Å². The maximum Gasteiger partial charge on any atom is 0.156 e. The summed E-state index contributed by atoms with van der Waals surface area (Å²) >= 11 is 10.6. The van der Waals surface area contributed by atoms with E-state index in [1.807, 2.05) is 73.3 Å². The summed E-state index contributed by atoms with van der Waals surface area (Å²) in [5.74, 6) is 2.76. The van der Waals surface area contributed by atoms with Gasteiger partial charge >= 0.3 is 0 Å². The maximum atomic E-state index is 5.30. The Labute approximate surface area is 240 Å². The summed E-state index contributed by atoms with van der Waals surface area (Å²) in [6, 6.07) is 14.9. The van der Waals surface area contributed by atoms with Gasteiger partial charge in [0.25, 0.3) is 0 Å². The van der Waals surface area contributed by atoms with Crippen molar-refractivity contribution in [2.75, 3.05) is 14.1 Å². The smallest absolute Gasteiger partial charge is 0.156 e. The molecule has 0 aromatic carbocycles. The SMILES string of the molecule is CNC(=S)c1cc(-n2cccn2)nc(-n2cccn2)c1.CNC(=S)c1cc(-n2cccn2)nc(-n2cccn2)c1. The van der Waals surface area contributed by atoms with Crippen LogP contribution in [0.4, 0.5) is 0 Å². The Balaban J connectivity index is 0.000000161. The summed E-state index contributed by atoms with van der Waals surface area (Å²) in [6.45, 7) is 0. The van der Waals surface area contributed by atoms with Gasteiger partial charge in [-0.15, -0.1) is 0 Å². The average Bonchev–Trinajstić information content (AvgIpc) is 3.83. The molecule has 0 unspecified atom stereocenters. The fourth-order valence-electron chi connectivity index (χ4n) is 3.64. The Morgan fingerprint density at radius 2 is 0.800 bits per heavy atom. The van der Waals surface area contributed by atoms with Crippen LogP contribution in [0, 0.1) is 0 Å². The summed E-state index contributed by atoms with van der Waals surface area (Å²) in [7, 11) is 3.59. The Bertz CT molecular complexity index is 1460. The van der Waals surface area contributed by atoms with Crippen LogP contribution in [0.15, 0.2) is 98.1 Å². The largest absolute Gasteiger partial charge is 0.379 e. The van der Waals surface area contributed by atoms with Crippen molar-refractivity contribution in [3.05, 3.63) is 109 Å². The normalized spacial score (nSPS) is 10.4. The number of aromatic nitrogens is 10. The van der Waals surface area contributed by atoms with Gasteiger partial charge < -0.3 is 10.6 Å². The molecule has 6 rings (SSSR count). The molecule has 0 amide bonds. The van der Waals surface area contributed by atoms with Crippen molar-refractivity contribution < 1.29 is 0 Å². The first-order chi connectivity index (χ1) is 19.6. The van der Waals surface area contributed by atoms with Crippen LogP contribution in [0.2, 0.25) is 0 Å².